The zero-order chi connectivity index (χ0) is 24.2. The fourth-order valence-corrected chi connectivity index (χ4v) is 4.45. The van der Waals surface area contributed by atoms with Crippen molar-refractivity contribution in [3.05, 3.63) is 93.1 Å². The van der Waals surface area contributed by atoms with Crippen LogP contribution in [0.3, 0.4) is 0 Å². The number of methoxy groups -OCH3 is 1. The average molecular weight is 513 g/mol. The van der Waals surface area contributed by atoms with E-state index in [1.165, 1.54) is 4.90 Å². The number of benzene rings is 3. The van der Waals surface area contributed by atoms with Crippen LogP contribution in [0.2, 0.25) is 10.0 Å². The van der Waals surface area contributed by atoms with Gasteiger partial charge in [-0.2, -0.15) is 0 Å². The molecule has 1 saturated heterocycles. The highest BCUT2D eigenvalue weighted by Gasteiger charge is 2.33. The maximum atomic E-state index is 13.2. The number of hydrogen-bond donors (Lipinski definition) is 1. The van der Waals surface area contributed by atoms with Crippen molar-refractivity contribution in [3.8, 4) is 11.5 Å². The van der Waals surface area contributed by atoms with E-state index in [2.05, 4.69) is 5.32 Å². The lowest BCUT2D eigenvalue weighted by atomic mass is 10.1. The van der Waals surface area contributed by atoms with Crippen LogP contribution >= 0.6 is 35.4 Å². The van der Waals surface area contributed by atoms with E-state index in [9.17, 15) is 4.79 Å². The largest absolute Gasteiger partial charge is 0.496 e. The van der Waals surface area contributed by atoms with Crippen molar-refractivity contribution in [2.45, 2.75) is 20.0 Å². The van der Waals surface area contributed by atoms with Gasteiger partial charge in [0.1, 0.15) is 23.8 Å². The monoisotopic (exact) mass is 512 g/mol. The van der Waals surface area contributed by atoms with Gasteiger partial charge in [0.2, 0.25) is 0 Å². The molecular weight excluding hydrogens is 491 g/mol. The Kier molecular flexibility index (Phi) is 7.41. The van der Waals surface area contributed by atoms with Gasteiger partial charge in [0, 0.05) is 10.6 Å². The van der Waals surface area contributed by atoms with E-state index in [0.717, 1.165) is 28.8 Å². The normalized spacial score (nSPS) is 14.5. The molecule has 0 spiro atoms. The molecule has 0 unspecified atom stereocenters. The quantitative estimate of drug-likeness (QED) is 0.293. The standard InChI is InChI=1S/C26H22Cl2N2O3S/c1-3-17-6-4-5-7-22(17)30-25(31)21(29-26(30)34)13-16-8-10-23(32-2)18(12-16)15-33-24-11-9-19(27)14-20(24)28/h4-14H,3,15H2,1-2H3,(H,29,34)/b21-13+. The molecule has 5 nitrogen and oxygen atoms in total. The van der Waals surface area contributed by atoms with Crippen molar-refractivity contribution in [2.24, 2.45) is 0 Å². The Morgan fingerprint density at radius 3 is 2.53 bits per heavy atom. The average Bonchev–Trinajstić information content (AvgIpc) is 3.11. The SMILES string of the molecule is CCc1ccccc1N1C(=O)/C(=C\c2ccc(OC)c(COc3ccc(Cl)cc3Cl)c2)NC1=S. The third kappa shape index (κ3) is 5.04. The second kappa shape index (κ2) is 10.5. The van der Waals surface area contributed by atoms with Crippen LogP contribution in [0.5, 0.6) is 11.5 Å². The lowest BCUT2D eigenvalue weighted by Crippen LogP contribution is -2.31. The van der Waals surface area contributed by atoms with Gasteiger partial charge in [-0.05, 0) is 72.2 Å². The fourth-order valence-electron chi connectivity index (χ4n) is 3.70. The predicted molar refractivity (Wildman–Crippen MR) is 141 cm³/mol. The predicted octanol–water partition coefficient (Wildman–Crippen LogP) is 6.41. The van der Waals surface area contributed by atoms with Crippen LogP contribution in [-0.4, -0.2) is 18.1 Å². The first kappa shape index (κ1) is 24.1. The molecule has 1 fully saturated rings. The highest BCUT2D eigenvalue weighted by atomic mass is 35.5. The van der Waals surface area contributed by atoms with Crippen LogP contribution in [0.15, 0.2) is 66.4 Å². The Hall–Kier alpha value is -3.06. The number of amides is 1. The molecular formula is C26H22Cl2N2O3S. The molecule has 8 heteroatoms. The number of thiocarbonyl (C=S) groups is 1. The molecule has 3 aromatic carbocycles. The van der Waals surface area contributed by atoms with Gasteiger partial charge in [0.25, 0.3) is 5.91 Å². The number of aryl methyl sites for hydroxylation is 1. The van der Waals surface area contributed by atoms with Gasteiger partial charge in [0.05, 0.1) is 17.8 Å². The summed E-state index contributed by atoms with van der Waals surface area (Å²) in [5.41, 5.74) is 3.83. The second-order valence-corrected chi connectivity index (χ2v) is 8.78. The number of ether oxygens (including phenoxy) is 2. The highest BCUT2D eigenvalue weighted by molar-refractivity contribution is 7.80. The van der Waals surface area contributed by atoms with Crippen molar-refractivity contribution in [2.75, 3.05) is 12.0 Å². The fraction of sp³-hybridized carbons (Fsp3) is 0.154. The minimum absolute atomic E-state index is 0.201. The molecule has 0 aromatic heterocycles. The van der Waals surface area contributed by atoms with Crippen molar-refractivity contribution >= 4 is 58.2 Å². The number of halogens is 2. The molecule has 1 heterocycles. The molecule has 0 radical (unpaired) electrons. The summed E-state index contributed by atoms with van der Waals surface area (Å²) in [5.74, 6) is 0.972. The number of para-hydroxylation sites is 1. The summed E-state index contributed by atoms with van der Waals surface area (Å²) in [4.78, 5) is 14.7. The Morgan fingerprint density at radius 1 is 1.03 bits per heavy atom. The molecule has 174 valence electrons. The van der Waals surface area contributed by atoms with E-state index in [1.54, 1.807) is 31.4 Å². The molecule has 1 amide bonds. The van der Waals surface area contributed by atoms with Crippen LogP contribution in [0.25, 0.3) is 6.08 Å². The topological polar surface area (TPSA) is 50.8 Å². The van der Waals surface area contributed by atoms with Crippen molar-refractivity contribution < 1.29 is 14.3 Å². The number of rotatable bonds is 7. The van der Waals surface area contributed by atoms with E-state index in [0.29, 0.717) is 32.4 Å². The van der Waals surface area contributed by atoms with Crippen LogP contribution in [0, 0.1) is 0 Å². The van der Waals surface area contributed by atoms with Gasteiger partial charge in [-0.15, -0.1) is 0 Å². The second-order valence-electron chi connectivity index (χ2n) is 7.55. The minimum Gasteiger partial charge on any atom is -0.496 e. The zero-order valence-electron chi connectivity index (χ0n) is 18.6. The maximum absolute atomic E-state index is 13.2. The number of anilines is 1. The Morgan fingerprint density at radius 2 is 1.79 bits per heavy atom. The summed E-state index contributed by atoms with van der Waals surface area (Å²) < 4.78 is 11.4. The van der Waals surface area contributed by atoms with Crippen molar-refractivity contribution in [3.63, 3.8) is 0 Å². The summed E-state index contributed by atoms with van der Waals surface area (Å²) in [6.07, 6.45) is 2.56. The molecule has 0 bridgehead atoms. The number of nitrogens with one attached hydrogen (secondary N) is 1. The van der Waals surface area contributed by atoms with Crippen LogP contribution < -0.4 is 19.7 Å². The lowest BCUT2D eigenvalue weighted by Gasteiger charge is -2.17. The molecule has 34 heavy (non-hydrogen) atoms. The first-order valence-corrected chi connectivity index (χ1v) is 11.8. The zero-order valence-corrected chi connectivity index (χ0v) is 20.9. The first-order chi connectivity index (χ1) is 16.4. The van der Waals surface area contributed by atoms with Gasteiger partial charge in [-0.3, -0.25) is 9.69 Å². The van der Waals surface area contributed by atoms with E-state index in [4.69, 9.17) is 44.9 Å². The highest BCUT2D eigenvalue weighted by Crippen LogP contribution is 2.31. The third-order valence-electron chi connectivity index (χ3n) is 5.38. The summed E-state index contributed by atoms with van der Waals surface area (Å²) in [6, 6.07) is 18.4. The van der Waals surface area contributed by atoms with Gasteiger partial charge in [0.15, 0.2) is 5.11 Å². The molecule has 0 aliphatic carbocycles. The van der Waals surface area contributed by atoms with E-state index >= 15 is 0 Å². The molecule has 1 N–H and O–H groups in total. The molecule has 0 saturated carbocycles. The first-order valence-electron chi connectivity index (χ1n) is 10.6. The summed E-state index contributed by atoms with van der Waals surface area (Å²) >= 11 is 17.7. The number of carbonyl (C=O) groups excluding carboxylic acids is 1. The molecule has 3 aromatic rings. The van der Waals surface area contributed by atoms with Crippen LogP contribution in [0.4, 0.5) is 5.69 Å². The third-order valence-corrected chi connectivity index (χ3v) is 6.20. The molecule has 1 aliphatic rings. The summed E-state index contributed by atoms with van der Waals surface area (Å²) in [5, 5.41) is 4.36. The van der Waals surface area contributed by atoms with E-state index < -0.39 is 0 Å². The van der Waals surface area contributed by atoms with Gasteiger partial charge < -0.3 is 14.8 Å². The summed E-state index contributed by atoms with van der Waals surface area (Å²) in [6.45, 7) is 2.27. The molecule has 4 rings (SSSR count). The minimum atomic E-state index is -0.201. The number of carbonyl (C=O) groups is 1. The molecule has 1 aliphatic heterocycles. The maximum Gasteiger partial charge on any atom is 0.281 e. The lowest BCUT2D eigenvalue weighted by molar-refractivity contribution is -0.113. The Bertz CT molecular complexity index is 1290. The van der Waals surface area contributed by atoms with Crippen molar-refractivity contribution in [1.82, 2.24) is 5.32 Å². The van der Waals surface area contributed by atoms with E-state index in [-0.39, 0.29) is 12.5 Å². The smallest absolute Gasteiger partial charge is 0.281 e. The number of nitrogens with zero attached hydrogens (tertiary/aromatic N) is 1. The van der Waals surface area contributed by atoms with Crippen LogP contribution in [0.1, 0.15) is 23.6 Å². The Balaban J connectivity index is 1.59. The molecule has 0 atom stereocenters. The number of hydrogen-bond acceptors (Lipinski definition) is 4. The Labute approximate surface area is 213 Å². The van der Waals surface area contributed by atoms with Gasteiger partial charge >= 0.3 is 0 Å². The van der Waals surface area contributed by atoms with Gasteiger partial charge in [-0.25, -0.2) is 0 Å². The van der Waals surface area contributed by atoms with Crippen LogP contribution in [-0.2, 0) is 17.8 Å². The van der Waals surface area contributed by atoms with Crippen molar-refractivity contribution in [1.29, 1.82) is 0 Å². The van der Waals surface area contributed by atoms with Gasteiger partial charge in [-0.1, -0.05) is 54.4 Å². The van der Waals surface area contributed by atoms with E-state index in [1.807, 2.05) is 49.4 Å². The summed E-state index contributed by atoms with van der Waals surface area (Å²) in [7, 11) is 1.59.